The molecule has 18 heavy (non-hydrogen) atoms. The van der Waals surface area contributed by atoms with Crippen molar-refractivity contribution in [3.8, 4) is 0 Å². The predicted octanol–water partition coefficient (Wildman–Crippen LogP) is 2.15. The lowest BCUT2D eigenvalue weighted by molar-refractivity contribution is 0.193. The van der Waals surface area contributed by atoms with Crippen molar-refractivity contribution in [2.24, 2.45) is 5.92 Å². The fourth-order valence-electron chi connectivity index (χ4n) is 1.80. The van der Waals surface area contributed by atoms with Crippen LogP contribution in [0.1, 0.15) is 24.5 Å². The molecule has 0 aliphatic heterocycles. The number of nitrogens with one attached hydrogen (secondary N) is 1. The van der Waals surface area contributed by atoms with E-state index in [1.165, 1.54) is 6.07 Å². The van der Waals surface area contributed by atoms with Gasteiger partial charge in [0, 0.05) is 13.2 Å². The summed E-state index contributed by atoms with van der Waals surface area (Å²) in [4.78, 5) is 10.5. The summed E-state index contributed by atoms with van der Waals surface area (Å²) in [5, 5.41) is 19.9. The summed E-state index contributed by atoms with van der Waals surface area (Å²) in [6.07, 6.45) is 0.0202. The normalized spacial score (nSPS) is 12.2. The van der Waals surface area contributed by atoms with Crippen molar-refractivity contribution in [1.29, 1.82) is 0 Å². The van der Waals surface area contributed by atoms with Gasteiger partial charge in [0.2, 0.25) is 0 Å². The molecule has 0 aromatic heterocycles. The molecule has 0 saturated heterocycles. The van der Waals surface area contributed by atoms with Crippen LogP contribution in [-0.4, -0.2) is 22.9 Å². The van der Waals surface area contributed by atoms with E-state index >= 15 is 0 Å². The molecule has 0 spiro atoms. The molecule has 0 radical (unpaired) electrons. The second-order valence-corrected chi connectivity index (χ2v) is 4.20. The molecule has 100 valence electrons. The summed E-state index contributed by atoms with van der Waals surface area (Å²) in [6, 6.07) is 4.60. The Morgan fingerprint density at radius 2 is 2.22 bits per heavy atom. The Bertz CT molecular complexity index is 405. The third-order valence-electron chi connectivity index (χ3n) is 2.97. The van der Waals surface area contributed by atoms with Crippen molar-refractivity contribution in [3.05, 3.63) is 35.1 Å². The van der Waals surface area contributed by atoms with E-state index in [4.69, 9.17) is 10.2 Å². The molecule has 1 aromatic rings. The van der Waals surface area contributed by atoms with Gasteiger partial charge in [-0.2, -0.15) is 0 Å². The highest BCUT2D eigenvalue weighted by Crippen LogP contribution is 2.19. The summed E-state index contributed by atoms with van der Waals surface area (Å²) >= 11 is 0. The van der Waals surface area contributed by atoms with Gasteiger partial charge in [0.25, 0.3) is 0 Å². The first-order chi connectivity index (χ1) is 8.58. The van der Waals surface area contributed by atoms with Gasteiger partial charge >= 0.3 is 6.09 Å². The molecule has 1 rings (SSSR count). The number of hydrogen-bond donors (Lipinski definition) is 3. The van der Waals surface area contributed by atoms with Crippen molar-refractivity contribution < 1.29 is 19.4 Å². The van der Waals surface area contributed by atoms with Gasteiger partial charge in [-0.1, -0.05) is 25.5 Å². The molecule has 0 fully saturated rings. The second-order valence-electron chi connectivity index (χ2n) is 4.20. The first-order valence-corrected chi connectivity index (χ1v) is 5.92. The summed E-state index contributed by atoms with van der Waals surface area (Å²) in [7, 11) is 0. The Hall–Kier alpha value is -1.62. The standard InChI is InChI=1S/C13H18FNO3/c1-2-9(8-16)6-11-10(7-15-13(17)18)4-3-5-12(11)14/h3-5,9,15-16H,2,6-8H2,1H3,(H,17,18). The van der Waals surface area contributed by atoms with Crippen LogP contribution in [0.25, 0.3) is 0 Å². The summed E-state index contributed by atoms with van der Waals surface area (Å²) < 4.78 is 13.8. The van der Waals surface area contributed by atoms with E-state index in [1.807, 2.05) is 6.92 Å². The fraction of sp³-hybridized carbons (Fsp3) is 0.462. The Morgan fingerprint density at radius 1 is 1.50 bits per heavy atom. The first kappa shape index (κ1) is 14.4. The third kappa shape index (κ3) is 4.00. The number of halogens is 1. The molecule has 3 N–H and O–H groups in total. The lowest BCUT2D eigenvalue weighted by Crippen LogP contribution is -2.22. The maximum atomic E-state index is 13.8. The van der Waals surface area contributed by atoms with E-state index in [-0.39, 0.29) is 24.9 Å². The Morgan fingerprint density at radius 3 is 2.78 bits per heavy atom. The zero-order valence-electron chi connectivity index (χ0n) is 10.3. The molecular formula is C13H18FNO3. The molecule has 1 aromatic carbocycles. The van der Waals surface area contributed by atoms with Crippen LogP contribution in [-0.2, 0) is 13.0 Å². The van der Waals surface area contributed by atoms with Crippen LogP contribution >= 0.6 is 0 Å². The average molecular weight is 255 g/mol. The third-order valence-corrected chi connectivity index (χ3v) is 2.97. The average Bonchev–Trinajstić information content (AvgIpc) is 2.35. The summed E-state index contributed by atoms with van der Waals surface area (Å²) in [6.45, 7) is 2.00. The largest absolute Gasteiger partial charge is 0.465 e. The first-order valence-electron chi connectivity index (χ1n) is 5.92. The highest BCUT2D eigenvalue weighted by atomic mass is 19.1. The smallest absolute Gasteiger partial charge is 0.404 e. The van der Waals surface area contributed by atoms with Gasteiger partial charge in [-0.15, -0.1) is 0 Å². The van der Waals surface area contributed by atoms with Crippen molar-refractivity contribution >= 4 is 6.09 Å². The van der Waals surface area contributed by atoms with Gasteiger partial charge in [-0.25, -0.2) is 9.18 Å². The fourth-order valence-corrected chi connectivity index (χ4v) is 1.80. The van der Waals surface area contributed by atoms with E-state index < -0.39 is 6.09 Å². The van der Waals surface area contributed by atoms with Crippen molar-refractivity contribution in [1.82, 2.24) is 5.32 Å². The number of amides is 1. The van der Waals surface area contributed by atoms with Gasteiger partial charge in [0.1, 0.15) is 5.82 Å². The molecule has 1 unspecified atom stereocenters. The number of hydrogen-bond acceptors (Lipinski definition) is 2. The van der Waals surface area contributed by atoms with E-state index in [0.717, 1.165) is 6.42 Å². The van der Waals surface area contributed by atoms with Crippen LogP contribution in [0.2, 0.25) is 0 Å². The molecular weight excluding hydrogens is 237 g/mol. The number of rotatable bonds is 6. The highest BCUT2D eigenvalue weighted by molar-refractivity contribution is 5.64. The lowest BCUT2D eigenvalue weighted by Gasteiger charge is -2.15. The van der Waals surface area contributed by atoms with Crippen LogP contribution in [0.15, 0.2) is 18.2 Å². The molecule has 0 bridgehead atoms. The summed E-state index contributed by atoms with van der Waals surface area (Å²) in [5.41, 5.74) is 1.09. The number of carboxylic acid groups (broad SMARTS) is 1. The Labute approximate surface area is 105 Å². The quantitative estimate of drug-likeness (QED) is 0.729. The van der Waals surface area contributed by atoms with Crippen LogP contribution < -0.4 is 5.32 Å². The molecule has 0 saturated carbocycles. The lowest BCUT2D eigenvalue weighted by atomic mass is 9.94. The van der Waals surface area contributed by atoms with Crippen LogP contribution in [0.4, 0.5) is 9.18 Å². The van der Waals surface area contributed by atoms with E-state index in [2.05, 4.69) is 5.32 Å². The Balaban J connectivity index is 2.89. The maximum absolute atomic E-state index is 13.8. The maximum Gasteiger partial charge on any atom is 0.404 e. The minimum atomic E-state index is -1.14. The summed E-state index contributed by atoms with van der Waals surface area (Å²) in [5.74, 6) is -0.364. The molecule has 1 amide bonds. The molecule has 1 atom stereocenters. The van der Waals surface area contributed by atoms with Gasteiger partial charge in [-0.3, -0.25) is 0 Å². The van der Waals surface area contributed by atoms with Gasteiger partial charge in [0.05, 0.1) is 0 Å². The van der Waals surface area contributed by atoms with Crippen LogP contribution in [0.3, 0.4) is 0 Å². The van der Waals surface area contributed by atoms with Crippen molar-refractivity contribution in [3.63, 3.8) is 0 Å². The minimum absolute atomic E-state index is 0.00334. The second kappa shape index (κ2) is 6.96. The zero-order chi connectivity index (χ0) is 13.5. The molecule has 5 heteroatoms. The van der Waals surface area contributed by atoms with E-state index in [0.29, 0.717) is 17.5 Å². The van der Waals surface area contributed by atoms with Gasteiger partial charge in [0.15, 0.2) is 0 Å². The molecule has 0 aliphatic carbocycles. The SMILES string of the molecule is CCC(CO)Cc1c(F)cccc1CNC(=O)O. The van der Waals surface area contributed by atoms with E-state index in [1.54, 1.807) is 12.1 Å². The van der Waals surface area contributed by atoms with Crippen LogP contribution in [0.5, 0.6) is 0 Å². The number of aliphatic hydroxyl groups excluding tert-OH is 1. The number of aliphatic hydroxyl groups is 1. The monoisotopic (exact) mass is 255 g/mol. The highest BCUT2D eigenvalue weighted by Gasteiger charge is 2.14. The number of benzene rings is 1. The predicted molar refractivity (Wildman–Crippen MR) is 65.8 cm³/mol. The zero-order valence-corrected chi connectivity index (χ0v) is 10.3. The van der Waals surface area contributed by atoms with E-state index in [9.17, 15) is 9.18 Å². The topological polar surface area (TPSA) is 69.6 Å². The Kier molecular flexibility index (Phi) is 5.58. The van der Waals surface area contributed by atoms with Crippen LogP contribution in [0, 0.1) is 11.7 Å². The molecule has 0 aliphatic rings. The van der Waals surface area contributed by atoms with Gasteiger partial charge < -0.3 is 15.5 Å². The van der Waals surface area contributed by atoms with Gasteiger partial charge in [-0.05, 0) is 29.5 Å². The molecule has 0 heterocycles. The minimum Gasteiger partial charge on any atom is -0.465 e. The van der Waals surface area contributed by atoms with Crippen molar-refractivity contribution in [2.75, 3.05) is 6.61 Å². The number of carbonyl (C=O) groups is 1. The molecule has 4 nitrogen and oxygen atoms in total. The van der Waals surface area contributed by atoms with Crippen molar-refractivity contribution in [2.45, 2.75) is 26.3 Å².